The fraction of sp³-hybridized carbons (Fsp3) is 0.167. The molecule has 0 amide bonds. The van der Waals surface area contributed by atoms with E-state index in [0.717, 1.165) is 5.56 Å². The van der Waals surface area contributed by atoms with Gasteiger partial charge in [-0.15, -0.1) is 0 Å². The van der Waals surface area contributed by atoms with E-state index < -0.39 is 0 Å². The number of nitrogens with zero attached hydrogens (tertiary/aromatic N) is 2. The molecule has 0 unspecified atom stereocenters. The predicted molar refractivity (Wildman–Crippen MR) is 64.2 cm³/mol. The van der Waals surface area contributed by atoms with Crippen LogP contribution in [0.3, 0.4) is 0 Å². The number of nitrogens with two attached hydrogens (primary N) is 1. The van der Waals surface area contributed by atoms with Crippen LogP contribution in [-0.2, 0) is 0 Å². The van der Waals surface area contributed by atoms with Gasteiger partial charge in [0.05, 0.1) is 7.11 Å². The van der Waals surface area contributed by atoms with Crippen molar-refractivity contribution < 1.29 is 9.47 Å². The van der Waals surface area contributed by atoms with Crippen molar-refractivity contribution in [1.82, 2.24) is 9.97 Å². The highest BCUT2D eigenvalue weighted by molar-refractivity contribution is 5.47. The van der Waals surface area contributed by atoms with Gasteiger partial charge in [-0.3, -0.25) is 0 Å². The maximum absolute atomic E-state index is 5.66. The van der Waals surface area contributed by atoms with E-state index in [4.69, 9.17) is 15.2 Å². The van der Waals surface area contributed by atoms with Crippen LogP contribution in [0.1, 0.15) is 5.56 Å². The van der Waals surface area contributed by atoms with Crippen LogP contribution < -0.4 is 15.2 Å². The molecule has 0 atom stereocenters. The van der Waals surface area contributed by atoms with E-state index >= 15 is 0 Å². The molecule has 0 saturated carbocycles. The Hall–Kier alpha value is -2.30. The second kappa shape index (κ2) is 4.69. The third-order valence-electron chi connectivity index (χ3n) is 2.22. The number of methoxy groups -OCH3 is 1. The first-order valence-electron chi connectivity index (χ1n) is 5.10. The van der Waals surface area contributed by atoms with Gasteiger partial charge in [0.2, 0.25) is 5.88 Å². The lowest BCUT2D eigenvalue weighted by molar-refractivity contribution is 0.375. The quantitative estimate of drug-likeness (QED) is 0.820. The summed E-state index contributed by atoms with van der Waals surface area (Å²) < 4.78 is 10.5. The third-order valence-corrected chi connectivity index (χ3v) is 2.22. The van der Waals surface area contributed by atoms with E-state index in [9.17, 15) is 0 Å². The standard InChI is InChI=1S/C12H13N3O2/c1-8-7-9(13)3-4-10(8)17-12-14-6-5-11(15-12)16-2/h3-7H,13H2,1-2H3. The normalized spacial score (nSPS) is 10.0. The fourth-order valence-electron chi connectivity index (χ4n) is 1.37. The molecule has 2 rings (SSSR count). The number of rotatable bonds is 3. The molecule has 0 bridgehead atoms. The summed E-state index contributed by atoms with van der Waals surface area (Å²) >= 11 is 0. The highest BCUT2D eigenvalue weighted by Gasteiger charge is 2.05. The molecule has 0 radical (unpaired) electrons. The third kappa shape index (κ3) is 2.63. The summed E-state index contributed by atoms with van der Waals surface area (Å²) in [6.07, 6.45) is 1.58. The summed E-state index contributed by atoms with van der Waals surface area (Å²) in [7, 11) is 1.54. The zero-order valence-electron chi connectivity index (χ0n) is 9.68. The molecule has 0 aliphatic rings. The second-order valence-corrected chi connectivity index (χ2v) is 3.51. The van der Waals surface area contributed by atoms with E-state index in [1.54, 1.807) is 31.5 Å². The highest BCUT2D eigenvalue weighted by Crippen LogP contribution is 2.24. The summed E-state index contributed by atoms with van der Waals surface area (Å²) in [4.78, 5) is 8.06. The first-order valence-corrected chi connectivity index (χ1v) is 5.10. The van der Waals surface area contributed by atoms with Crippen LogP contribution in [0.25, 0.3) is 0 Å². The summed E-state index contributed by atoms with van der Waals surface area (Å²) in [6, 6.07) is 7.28. The number of anilines is 1. The van der Waals surface area contributed by atoms with Gasteiger partial charge in [0.15, 0.2) is 0 Å². The molecule has 1 aromatic heterocycles. The van der Waals surface area contributed by atoms with Crippen molar-refractivity contribution in [3.8, 4) is 17.6 Å². The summed E-state index contributed by atoms with van der Waals surface area (Å²) in [5, 5.41) is 0. The first kappa shape index (κ1) is 11.2. The van der Waals surface area contributed by atoms with Crippen molar-refractivity contribution in [2.75, 3.05) is 12.8 Å². The fourth-order valence-corrected chi connectivity index (χ4v) is 1.37. The minimum Gasteiger partial charge on any atom is -0.481 e. The number of aromatic nitrogens is 2. The van der Waals surface area contributed by atoms with Crippen LogP contribution in [-0.4, -0.2) is 17.1 Å². The first-order chi connectivity index (χ1) is 8.19. The Kier molecular flexibility index (Phi) is 3.09. The number of aryl methyl sites for hydroxylation is 1. The van der Waals surface area contributed by atoms with Gasteiger partial charge in [-0.2, -0.15) is 4.98 Å². The molecular formula is C12H13N3O2. The van der Waals surface area contributed by atoms with Crippen molar-refractivity contribution in [2.24, 2.45) is 0 Å². The van der Waals surface area contributed by atoms with E-state index in [2.05, 4.69) is 9.97 Å². The lowest BCUT2D eigenvalue weighted by Crippen LogP contribution is -1.96. The molecule has 5 nitrogen and oxygen atoms in total. The molecular weight excluding hydrogens is 218 g/mol. The summed E-state index contributed by atoms with van der Waals surface area (Å²) in [5.41, 5.74) is 7.28. The average Bonchev–Trinajstić information content (AvgIpc) is 2.33. The number of ether oxygens (including phenoxy) is 2. The highest BCUT2D eigenvalue weighted by atomic mass is 16.5. The lowest BCUT2D eigenvalue weighted by Gasteiger charge is -2.07. The van der Waals surface area contributed by atoms with Gasteiger partial charge in [0.1, 0.15) is 5.75 Å². The van der Waals surface area contributed by atoms with Gasteiger partial charge in [-0.25, -0.2) is 4.98 Å². The van der Waals surface area contributed by atoms with Crippen LogP contribution in [0, 0.1) is 6.92 Å². The van der Waals surface area contributed by atoms with Gasteiger partial charge in [0.25, 0.3) is 0 Å². The molecule has 0 saturated heterocycles. The van der Waals surface area contributed by atoms with Crippen LogP contribution >= 0.6 is 0 Å². The van der Waals surface area contributed by atoms with Crippen LogP contribution in [0.5, 0.6) is 17.6 Å². The van der Waals surface area contributed by atoms with Crippen molar-refractivity contribution in [3.63, 3.8) is 0 Å². The Bertz CT molecular complexity index is 529. The van der Waals surface area contributed by atoms with Crippen molar-refractivity contribution >= 4 is 5.69 Å². The van der Waals surface area contributed by atoms with E-state index in [-0.39, 0.29) is 6.01 Å². The maximum Gasteiger partial charge on any atom is 0.325 e. The van der Waals surface area contributed by atoms with Gasteiger partial charge >= 0.3 is 6.01 Å². The zero-order chi connectivity index (χ0) is 12.3. The Morgan fingerprint density at radius 2 is 2.06 bits per heavy atom. The molecule has 0 fully saturated rings. The topological polar surface area (TPSA) is 70.3 Å². The lowest BCUT2D eigenvalue weighted by atomic mass is 10.2. The van der Waals surface area contributed by atoms with Gasteiger partial charge in [-0.05, 0) is 30.7 Å². The molecule has 0 aliphatic carbocycles. The molecule has 0 spiro atoms. The Morgan fingerprint density at radius 1 is 1.24 bits per heavy atom. The Balaban J connectivity index is 2.25. The van der Waals surface area contributed by atoms with Crippen LogP contribution in [0.4, 0.5) is 5.69 Å². The van der Waals surface area contributed by atoms with Gasteiger partial charge < -0.3 is 15.2 Å². The van der Waals surface area contributed by atoms with E-state index in [1.807, 2.05) is 13.0 Å². The average molecular weight is 231 g/mol. The van der Waals surface area contributed by atoms with Gasteiger partial charge in [0, 0.05) is 18.0 Å². The molecule has 1 aromatic carbocycles. The molecule has 5 heteroatoms. The Labute approximate surface area is 99.2 Å². The molecule has 2 N–H and O–H groups in total. The van der Waals surface area contributed by atoms with E-state index in [0.29, 0.717) is 17.3 Å². The predicted octanol–water partition coefficient (Wildman–Crippen LogP) is 2.17. The van der Waals surface area contributed by atoms with Crippen molar-refractivity contribution in [3.05, 3.63) is 36.0 Å². The monoisotopic (exact) mass is 231 g/mol. The van der Waals surface area contributed by atoms with Crippen molar-refractivity contribution in [1.29, 1.82) is 0 Å². The van der Waals surface area contributed by atoms with Crippen LogP contribution in [0.2, 0.25) is 0 Å². The van der Waals surface area contributed by atoms with E-state index in [1.165, 1.54) is 0 Å². The largest absolute Gasteiger partial charge is 0.481 e. The SMILES string of the molecule is COc1ccnc(Oc2ccc(N)cc2C)n1. The maximum atomic E-state index is 5.66. The number of benzene rings is 1. The second-order valence-electron chi connectivity index (χ2n) is 3.51. The molecule has 88 valence electrons. The van der Waals surface area contributed by atoms with Gasteiger partial charge in [-0.1, -0.05) is 0 Å². The minimum absolute atomic E-state index is 0.247. The summed E-state index contributed by atoms with van der Waals surface area (Å²) in [6.45, 7) is 1.91. The smallest absolute Gasteiger partial charge is 0.325 e. The number of hydrogen-bond acceptors (Lipinski definition) is 5. The molecule has 2 aromatic rings. The zero-order valence-corrected chi connectivity index (χ0v) is 9.68. The minimum atomic E-state index is 0.247. The molecule has 0 aliphatic heterocycles. The number of nitrogen functional groups attached to an aromatic ring is 1. The molecule has 17 heavy (non-hydrogen) atoms. The van der Waals surface area contributed by atoms with Crippen LogP contribution in [0.15, 0.2) is 30.5 Å². The molecule has 1 heterocycles. The van der Waals surface area contributed by atoms with Crippen molar-refractivity contribution in [2.45, 2.75) is 6.92 Å². The summed E-state index contributed by atoms with van der Waals surface area (Å²) in [5.74, 6) is 1.13. The number of hydrogen-bond donors (Lipinski definition) is 1. The Morgan fingerprint density at radius 3 is 2.76 bits per heavy atom.